The first-order valence-corrected chi connectivity index (χ1v) is 10.3. The number of carbonyl (C=O) groups excluding carboxylic acids is 1. The zero-order chi connectivity index (χ0) is 18.4. The van der Waals surface area contributed by atoms with E-state index in [0.717, 1.165) is 32.4 Å². The van der Waals surface area contributed by atoms with Crippen molar-refractivity contribution in [1.82, 2.24) is 15.2 Å². The second kappa shape index (κ2) is 9.56. The van der Waals surface area contributed by atoms with Crippen LogP contribution in [0.1, 0.15) is 61.7 Å². The van der Waals surface area contributed by atoms with Crippen LogP contribution in [-0.2, 0) is 0 Å². The molecule has 144 valence electrons. The van der Waals surface area contributed by atoms with Crippen LogP contribution in [0.2, 0.25) is 5.02 Å². The lowest BCUT2D eigenvalue weighted by atomic mass is 9.94. The summed E-state index contributed by atoms with van der Waals surface area (Å²) in [4.78, 5) is 19.0. The van der Waals surface area contributed by atoms with Gasteiger partial charge in [0.05, 0.1) is 5.56 Å². The highest BCUT2D eigenvalue weighted by Crippen LogP contribution is 2.28. The monoisotopic (exact) mass is 379 g/mol. The molecule has 1 amide bonds. The van der Waals surface area contributed by atoms with Crippen LogP contribution in [0.25, 0.3) is 0 Å². The highest BCUT2D eigenvalue weighted by atomic mass is 35.5. The Morgan fingerprint density at radius 3 is 2.69 bits per heavy atom. The number of likely N-dealkylation sites (tertiary alicyclic amines) is 1. The molecule has 5 nitrogen and oxygen atoms in total. The van der Waals surface area contributed by atoms with E-state index in [0.29, 0.717) is 28.9 Å². The van der Waals surface area contributed by atoms with E-state index in [1.165, 1.54) is 32.1 Å². The first-order chi connectivity index (χ1) is 12.6. The number of amides is 1. The average molecular weight is 380 g/mol. The Morgan fingerprint density at radius 2 is 2.00 bits per heavy atom. The molecule has 1 aromatic heterocycles. The molecule has 0 radical (unpaired) electrons. The van der Waals surface area contributed by atoms with E-state index in [4.69, 9.17) is 16.3 Å². The van der Waals surface area contributed by atoms with Crippen molar-refractivity contribution in [1.29, 1.82) is 0 Å². The molecular weight excluding hydrogens is 350 g/mol. The lowest BCUT2D eigenvalue weighted by Crippen LogP contribution is -2.32. The van der Waals surface area contributed by atoms with Gasteiger partial charge in [0, 0.05) is 12.7 Å². The third kappa shape index (κ3) is 5.58. The Labute approximate surface area is 161 Å². The first-order valence-electron chi connectivity index (χ1n) is 9.91. The van der Waals surface area contributed by atoms with E-state index in [-0.39, 0.29) is 12.0 Å². The molecule has 6 heteroatoms. The van der Waals surface area contributed by atoms with Gasteiger partial charge in [-0.15, -0.1) is 0 Å². The second-order valence-electron chi connectivity index (χ2n) is 7.68. The average Bonchev–Trinajstić information content (AvgIpc) is 2.66. The topological polar surface area (TPSA) is 54.5 Å². The minimum absolute atomic E-state index is 0.114. The Bertz CT molecular complexity index is 597. The minimum atomic E-state index is -0.114. The molecule has 1 aromatic rings. The van der Waals surface area contributed by atoms with Crippen molar-refractivity contribution < 1.29 is 9.53 Å². The number of nitrogens with one attached hydrogen (secondary N) is 1. The van der Waals surface area contributed by atoms with E-state index in [1.807, 2.05) is 0 Å². The second-order valence-corrected chi connectivity index (χ2v) is 8.09. The molecule has 1 saturated carbocycles. The van der Waals surface area contributed by atoms with Gasteiger partial charge in [0.25, 0.3) is 5.91 Å². The van der Waals surface area contributed by atoms with Crippen molar-refractivity contribution >= 4 is 17.5 Å². The molecule has 1 aliphatic heterocycles. The molecule has 1 aliphatic carbocycles. The standard InChI is InChI=1S/C20H30ClN3O2/c1-24-11-8-15(9-12-24)7-10-22-19(25)16-13-18(21)20(23-14-16)26-17-5-3-2-4-6-17/h13-15,17H,2-12H2,1H3,(H,22,25). The van der Waals surface area contributed by atoms with Gasteiger partial charge in [0.2, 0.25) is 5.88 Å². The number of carbonyl (C=O) groups is 1. The van der Waals surface area contributed by atoms with Gasteiger partial charge in [0.15, 0.2) is 0 Å². The molecule has 1 saturated heterocycles. The van der Waals surface area contributed by atoms with Gasteiger partial charge in [-0.2, -0.15) is 0 Å². The van der Waals surface area contributed by atoms with Crippen LogP contribution in [0, 0.1) is 5.92 Å². The van der Waals surface area contributed by atoms with Gasteiger partial charge < -0.3 is 15.0 Å². The Kier molecular flexibility index (Phi) is 7.15. The summed E-state index contributed by atoms with van der Waals surface area (Å²) in [5.74, 6) is 1.04. The van der Waals surface area contributed by atoms with E-state index in [9.17, 15) is 4.79 Å². The number of aromatic nitrogens is 1. The van der Waals surface area contributed by atoms with Gasteiger partial charge in [-0.1, -0.05) is 18.0 Å². The van der Waals surface area contributed by atoms with Crippen molar-refractivity contribution in [3.63, 3.8) is 0 Å². The normalized spacial score (nSPS) is 20.1. The molecule has 3 rings (SSSR count). The van der Waals surface area contributed by atoms with Crippen LogP contribution < -0.4 is 10.1 Å². The lowest BCUT2D eigenvalue weighted by molar-refractivity contribution is 0.0948. The van der Waals surface area contributed by atoms with Crippen molar-refractivity contribution in [2.24, 2.45) is 5.92 Å². The van der Waals surface area contributed by atoms with Crippen LogP contribution in [0.5, 0.6) is 5.88 Å². The molecule has 0 bridgehead atoms. The summed E-state index contributed by atoms with van der Waals surface area (Å²) in [6, 6.07) is 1.66. The molecule has 2 aliphatic rings. The molecule has 0 aromatic carbocycles. The van der Waals surface area contributed by atoms with Crippen molar-refractivity contribution in [2.75, 3.05) is 26.7 Å². The summed E-state index contributed by atoms with van der Waals surface area (Å²) in [5, 5.41) is 3.41. The molecular formula is C20H30ClN3O2. The van der Waals surface area contributed by atoms with Crippen molar-refractivity contribution in [2.45, 2.75) is 57.5 Å². The maximum absolute atomic E-state index is 12.3. The number of rotatable bonds is 6. The smallest absolute Gasteiger partial charge is 0.252 e. The predicted octanol–water partition coefficient (Wildman–Crippen LogP) is 3.91. The SMILES string of the molecule is CN1CCC(CCNC(=O)c2cnc(OC3CCCCC3)c(Cl)c2)CC1. The summed E-state index contributed by atoms with van der Waals surface area (Å²) in [6.45, 7) is 3.01. The Morgan fingerprint density at radius 1 is 1.27 bits per heavy atom. The highest BCUT2D eigenvalue weighted by Gasteiger charge is 2.19. The summed E-state index contributed by atoms with van der Waals surface area (Å²) >= 11 is 6.29. The number of ether oxygens (including phenoxy) is 1. The van der Waals surface area contributed by atoms with E-state index >= 15 is 0 Å². The molecule has 0 unspecified atom stereocenters. The fraction of sp³-hybridized carbons (Fsp3) is 0.700. The number of hydrogen-bond donors (Lipinski definition) is 1. The summed E-state index contributed by atoms with van der Waals surface area (Å²) in [7, 11) is 2.16. The van der Waals surface area contributed by atoms with Crippen molar-refractivity contribution in [3.05, 3.63) is 22.8 Å². The van der Waals surface area contributed by atoms with Crippen LogP contribution in [0.3, 0.4) is 0 Å². The molecule has 2 fully saturated rings. The summed E-state index contributed by atoms with van der Waals surface area (Å²) in [6.07, 6.45) is 11.0. The maximum atomic E-state index is 12.3. The van der Waals surface area contributed by atoms with Gasteiger partial charge in [-0.05, 0) is 77.1 Å². The molecule has 2 heterocycles. The Hall–Kier alpha value is -1.33. The maximum Gasteiger partial charge on any atom is 0.252 e. The summed E-state index contributed by atoms with van der Waals surface area (Å²) in [5.41, 5.74) is 0.495. The van der Waals surface area contributed by atoms with E-state index in [1.54, 1.807) is 12.3 Å². The van der Waals surface area contributed by atoms with Crippen LogP contribution in [0.15, 0.2) is 12.3 Å². The number of pyridine rings is 1. The van der Waals surface area contributed by atoms with Crippen LogP contribution >= 0.6 is 11.6 Å². The minimum Gasteiger partial charge on any atom is -0.473 e. The number of nitrogens with zero attached hydrogens (tertiary/aromatic N) is 2. The highest BCUT2D eigenvalue weighted by molar-refractivity contribution is 6.32. The van der Waals surface area contributed by atoms with Crippen LogP contribution in [0.4, 0.5) is 0 Å². The third-order valence-corrected chi connectivity index (χ3v) is 5.85. The van der Waals surface area contributed by atoms with Gasteiger partial charge in [-0.3, -0.25) is 4.79 Å². The number of halogens is 1. The zero-order valence-electron chi connectivity index (χ0n) is 15.7. The van der Waals surface area contributed by atoms with Gasteiger partial charge in [0.1, 0.15) is 11.1 Å². The molecule has 1 N–H and O–H groups in total. The lowest BCUT2D eigenvalue weighted by Gasteiger charge is -2.28. The number of piperidine rings is 1. The largest absolute Gasteiger partial charge is 0.473 e. The molecule has 0 atom stereocenters. The fourth-order valence-electron chi connectivity index (χ4n) is 3.82. The van der Waals surface area contributed by atoms with E-state index < -0.39 is 0 Å². The third-order valence-electron chi connectivity index (χ3n) is 5.58. The molecule has 26 heavy (non-hydrogen) atoms. The zero-order valence-corrected chi connectivity index (χ0v) is 16.4. The van der Waals surface area contributed by atoms with Crippen LogP contribution in [-0.4, -0.2) is 48.6 Å². The molecule has 0 spiro atoms. The quantitative estimate of drug-likeness (QED) is 0.814. The summed E-state index contributed by atoms with van der Waals surface area (Å²) < 4.78 is 5.91. The first kappa shape index (κ1) is 19.4. The predicted molar refractivity (Wildman–Crippen MR) is 104 cm³/mol. The Balaban J connectivity index is 1.46. The fourth-order valence-corrected chi connectivity index (χ4v) is 4.03. The van der Waals surface area contributed by atoms with Gasteiger partial charge >= 0.3 is 0 Å². The number of hydrogen-bond acceptors (Lipinski definition) is 4. The van der Waals surface area contributed by atoms with Crippen molar-refractivity contribution in [3.8, 4) is 5.88 Å². The van der Waals surface area contributed by atoms with E-state index in [2.05, 4.69) is 22.2 Å². The van der Waals surface area contributed by atoms with Gasteiger partial charge in [-0.25, -0.2) is 4.98 Å².